The molecule has 0 aromatic heterocycles. The van der Waals surface area contributed by atoms with E-state index in [4.69, 9.17) is 0 Å². The monoisotopic (exact) mass is 318 g/mol. The van der Waals surface area contributed by atoms with Gasteiger partial charge in [-0.25, -0.2) is 8.42 Å². The fraction of sp³-hybridized carbons (Fsp3) is 0.933. The van der Waals surface area contributed by atoms with Crippen LogP contribution in [0.4, 0.5) is 0 Å². The highest BCUT2D eigenvalue weighted by Gasteiger charge is 2.31. The molecule has 0 saturated carbocycles. The highest BCUT2D eigenvalue weighted by atomic mass is 32.2. The Bertz CT molecular complexity index is 454. The molecule has 0 N–H and O–H groups in total. The number of nitrogens with zero attached hydrogens (tertiary/aromatic N) is 2. The summed E-state index contributed by atoms with van der Waals surface area (Å²) in [5.74, 6) is 0.102. The molecule has 1 rings (SSSR count). The highest BCUT2D eigenvalue weighted by molar-refractivity contribution is 7.91. The third-order valence-corrected chi connectivity index (χ3v) is 6.66. The molecule has 0 aliphatic carbocycles. The summed E-state index contributed by atoms with van der Waals surface area (Å²) >= 11 is 0. The second kappa shape index (κ2) is 7.09. The van der Waals surface area contributed by atoms with E-state index in [-0.39, 0.29) is 30.6 Å². The number of sulfone groups is 1. The van der Waals surface area contributed by atoms with Crippen LogP contribution >= 0.6 is 0 Å². The molecule has 4 atom stereocenters. The molecule has 5 nitrogen and oxygen atoms in total. The Morgan fingerprint density at radius 2 is 1.71 bits per heavy atom. The number of likely N-dealkylation sites (N-methyl/N-ethyl adjacent to an activating group) is 1. The molecule has 6 heteroatoms. The van der Waals surface area contributed by atoms with Crippen LogP contribution in [0.2, 0.25) is 0 Å². The van der Waals surface area contributed by atoms with Crippen molar-refractivity contribution in [2.24, 2.45) is 0 Å². The van der Waals surface area contributed by atoms with Crippen molar-refractivity contribution >= 4 is 15.7 Å². The first-order valence-corrected chi connectivity index (χ1v) is 9.71. The molecule has 0 bridgehead atoms. The lowest BCUT2D eigenvalue weighted by Gasteiger charge is -2.40. The van der Waals surface area contributed by atoms with Gasteiger partial charge in [-0.15, -0.1) is 0 Å². The molecule has 0 aromatic carbocycles. The molecule has 1 amide bonds. The number of amides is 1. The normalized spacial score (nSPS) is 26.7. The van der Waals surface area contributed by atoms with Gasteiger partial charge in [0.25, 0.3) is 0 Å². The molecule has 0 spiro atoms. The molecular formula is C15H30N2O3S. The predicted octanol–water partition coefficient (Wildman–Crippen LogP) is 1.53. The molecular weight excluding hydrogens is 288 g/mol. The lowest BCUT2D eigenvalue weighted by molar-refractivity contribution is -0.138. The van der Waals surface area contributed by atoms with Gasteiger partial charge in [0.05, 0.1) is 11.8 Å². The molecule has 0 radical (unpaired) electrons. The van der Waals surface area contributed by atoms with Gasteiger partial charge in [-0.05, 0) is 54.0 Å². The summed E-state index contributed by atoms with van der Waals surface area (Å²) < 4.78 is 23.3. The van der Waals surface area contributed by atoms with Gasteiger partial charge in [0, 0.05) is 24.4 Å². The topological polar surface area (TPSA) is 57.7 Å². The van der Waals surface area contributed by atoms with Crippen LogP contribution < -0.4 is 0 Å². The summed E-state index contributed by atoms with van der Waals surface area (Å²) in [6, 6.07) is 0.369. The highest BCUT2D eigenvalue weighted by Crippen LogP contribution is 2.23. The first-order chi connectivity index (χ1) is 9.55. The van der Waals surface area contributed by atoms with E-state index >= 15 is 0 Å². The maximum absolute atomic E-state index is 12.5. The van der Waals surface area contributed by atoms with Crippen molar-refractivity contribution in [2.45, 2.75) is 70.3 Å². The molecule has 1 saturated heterocycles. The van der Waals surface area contributed by atoms with Crippen molar-refractivity contribution in [2.75, 3.05) is 19.8 Å². The Morgan fingerprint density at radius 3 is 2.14 bits per heavy atom. The fourth-order valence-corrected chi connectivity index (χ4v) is 3.99. The lowest BCUT2D eigenvalue weighted by Crippen LogP contribution is -2.52. The molecule has 1 fully saturated rings. The zero-order valence-corrected chi connectivity index (χ0v) is 15.0. The van der Waals surface area contributed by atoms with Gasteiger partial charge in [-0.1, -0.05) is 0 Å². The second-order valence-corrected chi connectivity index (χ2v) is 9.02. The zero-order valence-electron chi connectivity index (χ0n) is 14.2. The Kier molecular flexibility index (Phi) is 6.23. The molecule has 1 heterocycles. The van der Waals surface area contributed by atoms with Gasteiger partial charge in [-0.2, -0.15) is 0 Å². The van der Waals surface area contributed by atoms with Crippen molar-refractivity contribution in [1.29, 1.82) is 0 Å². The number of piperidine rings is 1. The third-order valence-electron chi connectivity index (χ3n) is 4.92. The first kappa shape index (κ1) is 18.4. The van der Waals surface area contributed by atoms with E-state index in [0.717, 1.165) is 12.8 Å². The first-order valence-electron chi connectivity index (χ1n) is 7.76. The van der Waals surface area contributed by atoms with Crippen molar-refractivity contribution in [3.8, 4) is 0 Å². The SMILES string of the molecule is C[C@@H]1CCC[C@@H](C)N1C(=O)CN(C)[C@@H](C)[C@@H](C)S(C)(=O)=O. The number of hydrogen-bond acceptors (Lipinski definition) is 4. The van der Waals surface area contributed by atoms with Crippen LogP contribution in [0.3, 0.4) is 0 Å². The van der Waals surface area contributed by atoms with Gasteiger partial charge < -0.3 is 4.90 Å². The molecule has 1 aliphatic heterocycles. The van der Waals surface area contributed by atoms with Gasteiger partial charge in [0.2, 0.25) is 5.91 Å². The van der Waals surface area contributed by atoms with Crippen molar-refractivity contribution in [3.63, 3.8) is 0 Å². The smallest absolute Gasteiger partial charge is 0.237 e. The number of carbonyl (C=O) groups is 1. The van der Waals surface area contributed by atoms with Crippen LogP contribution in [-0.2, 0) is 14.6 Å². The molecule has 0 unspecified atom stereocenters. The Balaban J connectivity index is 2.69. The van der Waals surface area contributed by atoms with Gasteiger partial charge >= 0.3 is 0 Å². The minimum atomic E-state index is -3.10. The van der Waals surface area contributed by atoms with Gasteiger partial charge in [0.1, 0.15) is 0 Å². The van der Waals surface area contributed by atoms with E-state index in [0.29, 0.717) is 0 Å². The van der Waals surface area contributed by atoms with Crippen LogP contribution in [0, 0.1) is 0 Å². The number of hydrogen-bond donors (Lipinski definition) is 0. The average Bonchev–Trinajstić information content (AvgIpc) is 2.35. The van der Waals surface area contributed by atoms with Crippen molar-refractivity contribution < 1.29 is 13.2 Å². The predicted molar refractivity (Wildman–Crippen MR) is 86.0 cm³/mol. The minimum absolute atomic E-state index is 0.102. The van der Waals surface area contributed by atoms with E-state index in [2.05, 4.69) is 13.8 Å². The quantitative estimate of drug-likeness (QED) is 0.771. The summed E-state index contributed by atoms with van der Waals surface area (Å²) in [6.07, 6.45) is 4.52. The fourth-order valence-electron chi connectivity index (χ4n) is 3.07. The van der Waals surface area contributed by atoms with E-state index < -0.39 is 15.1 Å². The van der Waals surface area contributed by atoms with Crippen LogP contribution in [0.25, 0.3) is 0 Å². The summed E-state index contributed by atoms with van der Waals surface area (Å²) in [4.78, 5) is 16.4. The third kappa shape index (κ3) is 4.68. The largest absolute Gasteiger partial charge is 0.336 e. The summed E-state index contributed by atoms with van der Waals surface area (Å²) in [5, 5.41) is -0.480. The second-order valence-electron chi connectivity index (χ2n) is 6.62. The van der Waals surface area contributed by atoms with Crippen molar-refractivity contribution in [1.82, 2.24) is 9.80 Å². The zero-order chi connectivity index (χ0) is 16.4. The van der Waals surface area contributed by atoms with Crippen LogP contribution in [0.5, 0.6) is 0 Å². The average molecular weight is 318 g/mol. The van der Waals surface area contributed by atoms with Crippen LogP contribution in [0.1, 0.15) is 47.0 Å². The van der Waals surface area contributed by atoms with Crippen LogP contribution in [0.15, 0.2) is 0 Å². The Hall–Kier alpha value is -0.620. The summed E-state index contributed by atoms with van der Waals surface area (Å²) in [5.41, 5.74) is 0. The standard InChI is InChI=1S/C15H30N2O3S/c1-11-8-7-9-12(2)17(11)15(18)10-16(5)13(3)14(4)21(6,19)20/h11-14H,7-10H2,1-6H3/t11-,12-,13+,14-/m1/s1. The van der Waals surface area contributed by atoms with Gasteiger partial charge in [0.15, 0.2) is 9.84 Å². The minimum Gasteiger partial charge on any atom is -0.336 e. The van der Waals surface area contributed by atoms with E-state index in [1.807, 2.05) is 23.8 Å². The number of likely N-dealkylation sites (tertiary alicyclic amines) is 1. The molecule has 0 aromatic rings. The molecule has 1 aliphatic rings. The number of carbonyl (C=O) groups excluding carboxylic acids is 1. The van der Waals surface area contributed by atoms with E-state index in [1.165, 1.54) is 12.7 Å². The summed E-state index contributed by atoms with van der Waals surface area (Å²) in [7, 11) is -1.27. The van der Waals surface area contributed by atoms with Crippen molar-refractivity contribution in [3.05, 3.63) is 0 Å². The maximum atomic E-state index is 12.5. The maximum Gasteiger partial charge on any atom is 0.237 e. The molecule has 21 heavy (non-hydrogen) atoms. The van der Waals surface area contributed by atoms with Gasteiger partial charge in [-0.3, -0.25) is 9.69 Å². The molecule has 124 valence electrons. The van der Waals surface area contributed by atoms with E-state index in [9.17, 15) is 13.2 Å². The lowest BCUT2D eigenvalue weighted by atomic mass is 9.97. The Morgan fingerprint density at radius 1 is 1.24 bits per heavy atom. The van der Waals surface area contributed by atoms with E-state index in [1.54, 1.807) is 6.92 Å². The van der Waals surface area contributed by atoms with Crippen LogP contribution in [-0.4, -0.2) is 67.3 Å². The number of rotatable bonds is 5. The summed E-state index contributed by atoms with van der Waals surface area (Å²) in [6.45, 7) is 8.02. The Labute approximate surface area is 129 Å².